The lowest BCUT2D eigenvalue weighted by Crippen LogP contribution is -2.32. The van der Waals surface area contributed by atoms with Crippen molar-refractivity contribution in [2.24, 2.45) is 5.92 Å². The molecule has 1 saturated heterocycles. The smallest absolute Gasteiger partial charge is 0.225 e. The summed E-state index contributed by atoms with van der Waals surface area (Å²) in [5.41, 5.74) is 2.74. The van der Waals surface area contributed by atoms with Crippen molar-refractivity contribution in [1.29, 1.82) is 0 Å². The van der Waals surface area contributed by atoms with E-state index in [1.54, 1.807) is 6.20 Å². The fraction of sp³-hybridized carbons (Fsp3) is 0.304. The molecule has 0 radical (unpaired) electrons. The topological polar surface area (TPSA) is 71.0 Å². The zero-order valence-electron chi connectivity index (χ0n) is 16.7. The second-order valence-electron chi connectivity index (χ2n) is 7.65. The van der Waals surface area contributed by atoms with E-state index in [1.165, 1.54) is 0 Å². The zero-order chi connectivity index (χ0) is 20.2. The summed E-state index contributed by atoms with van der Waals surface area (Å²) in [6, 6.07) is 15.8. The number of hydrogen-bond acceptors (Lipinski definition) is 5. The molecule has 4 rings (SSSR count). The Morgan fingerprint density at radius 1 is 1.14 bits per heavy atom. The predicted octanol–water partition coefficient (Wildman–Crippen LogP) is 4.25. The molecule has 0 bridgehead atoms. The summed E-state index contributed by atoms with van der Waals surface area (Å²) >= 11 is 0. The van der Waals surface area contributed by atoms with Gasteiger partial charge in [0.15, 0.2) is 0 Å². The summed E-state index contributed by atoms with van der Waals surface area (Å²) in [7, 11) is 0. The molecule has 29 heavy (non-hydrogen) atoms. The Balaban J connectivity index is 1.66. The Bertz CT molecular complexity index is 975. The number of likely N-dealkylation sites (tertiary alicyclic amines) is 1. The van der Waals surface area contributed by atoms with Gasteiger partial charge in [-0.15, -0.1) is 0 Å². The number of rotatable bonds is 5. The van der Waals surface area contributed by atoms with E-state index < -0.39 is 0 Å². The van der Waals surface area contributed by atoms with Gasteiger partial charge in [0.25, 0.3) is 0 Å². The van der Waals surface area contributed by atoms with E-state index in [4.69, 9.17) is 9.97 Å². The van der Waals surface area contributed by atoms with Crippen LogP contribution in [0, 0.1) is 5.92 Å². The minimum absolute atomic E-state index is 0.00621. The number of carbonyl (C=O) groups is 1. The van der Waals surface area contributed by atoms with Gasteiger partial charge in [0, 0.05) is 54.6 Å². The number of nitrogens with one attached hydrogen (secondary N) is 1. The number of anilines is 2. The predicted molar refractivity (Wildman–Crippen MR) is 114 cm³/mol. The van der Waals surface area contributed by atoms with E-state index in [0.717, 1.165) is 41.6 Å². The van der Waals surface area contributed by atoms with Crippen LogP contribution < -0.4 is 5.32 Å². The van der Waals surface area contributed by atoms with Crippen molar-refractivity contribution < 1.29 is 4.79 Å². The van der Waals surface area contributed by atoms with E-state index in [2.05, 4.69) is 10.3 Å². The largest absolute Gasteiger partial charge is 0.342 e. The first-order valence-electron chi connectivity index (χ1n) is 10.0. The van der Waals surface area contributed by atoms with E-state index in [1.807, 2.05) is 73.5 Å². The Hall–Kier alpha value is -3.28. The molecule has 0 unspecified atom stereocenters. The summed E-state index contributed by atoms with van der Waals surface area (Å²) in [5.74, 6) is 1.84. The molecule has 6 nitrogen and oxygen atoms in total. The second-order valence-corrected chi connectivity index (χ2v) is 7.65. The van der Waals surface area contributed by atoms with Crippen molar-refractivity contribution in [1.82, 2.24) is 19.9 Å². The van der Waals surface area contributed by atoms with E-state index in [9.17, 15) is 4.79 Å². The van der Waals surface area contributed by atoms with Crippen LogP contribution in [0.4, 0.5) is 11.5 Å². The molecule has 6 heteroatoms. The molecule has 0 aliphatic carbocycles. The van der Waals surface area contributed by atoms with E-state index in [-0.39, 0.29) is 17.7 Å². The molecule has 0 spiro atoms. The lowest BCUT2D eigenvalue weighted by Gasteiger charge is -2.19. The highest BCUT2D eigenvalue weighted by molar-refractivity contribution is 5.78. The molecule has 1 aromatic carbocycles. The van der Waals surface area contributed by atoms with Crippen molar-refractivity contribution in [3.63, 3.8) is 0 Å². The Morgan fingerprint density at radius 3 is 2.69 bits per heavy atom. The van der Waals surface area contributed by atoms with Crippen LogP contribution in [-0.2, 0) is 4.79 Å². The van der Waals surface area contributed by atoms with Gasteiger partial charge in [-0.05, 0) is 30.7 Å². The Kier molecular flexibility index (Phi) is 5.51. The van der Waals surface area contributed by atoms with Crippen LogP contribution in [0.15, 0.2) is 60.9 Å². The van der Waals surface area contributed by atoms with Gasteiger partial charge in [-0.25, -0.2) is 9.97 Å². The molecule has 148 valence electrons. The average molecular weight is 387 g/mol. The first-order chi connectivity index (χ1) is 14.1. The monoisotopic (exact) mass is 387 g/mol. The fourth-order valence-corrected chi connectivity index (χ4v) is 3.58. The summed E-state index contributed by atoms with van der Waals surface area (Å²) in [4.78, 5) is 28.2. The van der Waals surface area contributed by atoms with Crippen LogP contribution in [0.2, 0.25) is 0 Å². The van der Waals surface area contributed by atoms with Crippen LogP contribution in [0.1, 0.15) is 32.0 Å². The van der Waals surface area contributed by atoms with Gasteiger partial charge in [-0.2, -0.15) is 0 Å². The van der Waals surface area contributed by atoms with Crippen molar-refractivity contribution >= 4 is 17.4 Å². The summed E-state index contributed by atoms with van der Waals surface area (Å²) < 4.78 is 0. The van der Waals surface area contributed by atoms with Crippen LogP contribution in [0.25, 0.3) is 11.3 Å². The minimum Gasteiger partial charge on any atom is -0.342 e. The lowest BCUT2D eigenvalue weighted by molar-refractivity contribution is -0.133. The van der Waals surface area contributed by atoms with Gasteiger partial charge in [0.05, 0.1) is 5.69 Å². The molecule has 3 heterocycles. The standard InChI is InChI=1S/C23H25N5O/c1-16(2)23(29)28-12-10-18(15-28)22-26-20(17-7-6-11-24-14-17)13-21(27-22)25-19-8-4-3-5-9-19/h3-9,11,13-14,16,18H,10,12,15H2,1-2H3,(H,25,26,27)/t18-/m0/s1. The van der Waals surface area contributed by atoms with Crippen molar-refractivity contribution in [3.05, 3.63) is 66.7 Å². The van der Waals surface area contributed by atoms with Crippen molar-refractivity contribution in [2.45, 2.75) is 26.2 Å². The summed E-state index contributed by atoms with van der Waals surface area (Å²) in [6.07, 6.45) is 4.43. The summed E-state index contributed by atoms with van der Waals surface area (Å²) in [6.45, 7) is 5.30. The molecular formula is C23H25N5O. The molecule has 0 saturated carbocycles. The molecule has 1 atom stereocenters. The maximum atomic E-state index is 12.4. The molecule has 1 N–H and O–H groups in total. The molecule has 2 aromatic heterocycles. The minimum atomic E-state index is 0.00621. The third-order valence-electron chi connectivity index (χ3n) is 5.11. The Labute approximate surface area is 171 Å². The summed E-state index contributed by atoms with van der Waals surface area (Å²) in [5, 5.41) is 3.38. The van der Waals surface area contributed by atoms with Crippen molar-refractivity contribution in [2.75, 3.05) is 18.4 Å². The van der Waals surface area contributed by atoms with Gasteiger partial charge in [-0.1, -0.05) is 32.0 Å². The number of benzene rings is 1. The molecule has 1 amide bonds. The van der Waals surface area contributed by atoms with Crippen LogP contribution in [-0.4, -0.2) is 38.8 Å². The van der Waals surface area contributed by atoms with Gasteiger partial charge in [-0.3, -0.25) is 9.78 Å². The van der Waals surface area contributed by atoms with Gasteiger partial charge >= 0.3 is 0 Å². The maximum Gasteiger partial charge on any atom is 0.225 e. The number of hydrogen-bond donors (Lipinski definition) is 1. The van der Waals surface area contributed by atoms with Crippen LogP contribution in [0.5, 0.6) is 0 Å². The van der Waals surface area contributed by atoms with Crippen molar-refractivity contribution in [3.8, 4) is 11.3 Å². The number of pyridine rings is 1. The van der Waals surface area contributed by atoms with Crippen LogP contribution >= 0.6 is 0 Å². The second kappa shape index (κ2) is 8.39. The first kappa shape index (κ1) is 19.1. The molecule has 1 aliphatic heterocycles. The number of aromatic nitrogens is 3. The van der Waals surface area contributed by atoms with Gasteiger partial charge < -0.3 is 10.2 Å². The lowest BCUT2D eigenvalue weighted by atomic mass is 10.1. The van der Waals surface area contributed by atoms with E-state index in [0.29, 0.717) is 6.54 Å². The maximum absolute atomic E-state index is 12.4. The molecule has 3 aromatic rings. The van der Waals surface area contributed by atoms with Crippen LogP contribution in [0.3, 0.4) is 0 Å². The highest BCUT2D eigenvalue weighted by Gasteiger charge is 2.30. The van der Waals surface area contributed by atoms with Gasteiger partial charge in [0.2, 0.25) is 5.91 Å². The zero-order valence-corrected chi connectivity index (χ0v) is 16.7. The molecule has 1 fully saturated rings. The third kappa shape index (κ3) is 4.42. The Morgan fingerprint density at radius 2 is 1.97 bits per heavy atom. The number of carbonyl (C=O) groups excluding carboxylic acids is 1. The fourth-order valence-electron chi connectivity index (χ4n) is 3.58. The highest BCUT2D eigenvalue weighted by atomic mass is 16.2. The number of para-hydroxylation sites is 1. The average Bonchev–Trinajstić information content (AvgIpc) is 3.24. The first-order valence-corrected chi connectivity index (χ1v) is 10.0. The number of nitrogens with zero attached hydrogens (tertiary/aromatic N) is 4. The highest BCUT2D eigenvalue weighted by Crippen LogP contribution is 2.29. The van der Waals surface area contributed by atoms with Gasteiger partial charge in [0.1, 0.15) is 11.6 Å². The third-order valence-corrected chi connectivity index (χ3v) is 5.11. The molecule has 1 aliphatic rings. The SMILES string of the molecule is CC(C)C(=O)N1CC[C@H](c2nc(Nc3ccccc3)cc(-c3cccnc3)n2)C1. The van der Waals surface area contributed by atoms with E-state index >= 15 is 0 Å². The quantitative estimate of drug-likeness (QED) is 0.708. The number of amides is 1. The normalized spacial score (nSPS) is 16.2. The molecular weight excluding hydrogens is 362 g/mol.